The van der Waals surface area contributed by atoms with Crippen LogP contribution in [-0.2, 0) is 22.4 Å². The van der Waals surface area contributed by atoms with Gasteiger partial charge in [0.2, 0.25) is 0 Å². The van der Waals surface area contributed by atoms with Gasteiger partial charge in [0.05, 0.1) is 18.0 Å². The highest BCUT2D eigenvalue weighted by Crippen LogP contribution is 2.46. The van der Waals surface area contributed by atoms with E-state index in [1.807, 2.05) is 59.5 Å². The molecule has 1 amide bonds. The SMILES string of the molecule is COC(=O)[C@]12Cc3cc4cccc(/C=C/c5ccccc5)c4nc3C[C@@H]1CCN(C(=O)c1ccccc1)C2. The minimum absolute atomic E-state index is 0.0374. The number of nitrogens with zero attached hydrogens (tertiary/aromatic N) is 2. The monoisotopic (exact) mass is 502 g/mol. The number of rotatable bonds is 4. The lowest BCUT2D eigenvalue weighted by Gasteiger charge is -2.49. The molecule has 0 radical (unpaired) electrons. The number of methoxy groups -OCH3 is 1. The summed E-state index contributed by atoms with van der Waals surface area (Å²) in [5.74, 6) is -0.206. The Hall–Kier alpha value is -4.25. The highest BCUT2D eigenvalue weighted by molar-refractivity contribution is 5.95. The predicted molar refractivity (Wildman–Crippen MR) is 149 cm³/mol. The van der Waals surface area contributed by atoms with Crippen LogP contribution in [0.2, 0.25) is 0 Å². The van der Waals surface area contributed by atoms with Gasteiger partial charge in [-0.15, -0.1) is 0 Å². The molecule has 2 heterocycles. The van der Waals surface area contributed by atoms with Crippen molar-refractivity contribution < 1.29 is 14.3 Å². The third-order valence-electron chi connectivity index (χ3n) is 8.15. The largest absolute Gasteiger partial charge is 0.469 e. The summed E-state index contributed by atoms with van der Waals surface area (Å²) in [5, 5.41) is 1.05. The molecule has 2 atom stereocenters. The topological polar surface area (TPSA) is 59.5 Å². The maximum atomic E-state index is 13.4. The van der Waals surface area contributed by atoms with Gasteiger partial charge in [-0.2, -0.15) is 0 Å². The summed E-state index contributed by atoms with van der Waals surface area (Å²) in [6.07, 6.45) is 6.18. The van der Waals surface area contributed by atoms with E-state index < -0.39 is 5.41 Å². The van der Waals surface area contributed by atoms with Gasteiger partial charge in [0.15, 0.2) is 0 Å². The number of hydrogen-bond donors (Lipinski definition) is 0. The van der Waals surface area contributed by atoms with Crippen LogP contribution < -0.4 is 0 Å². The molecule has 2 aliphatic rings. The van der Waals surface area contributed by atoms with Crippen molar-refractivity contribution in [3.05, 3.63) is 113 Å². The number of hydrogen-bond acceptors (Lipinski definition) is 4. The van der Waals surface area contributed by atoms with E-state index in [0.29, 0.717) is 31.5 Å². The van der Waals surface area contributed by atoms with Crippen molar-refractivity contribution in [1.82, 2.24) is 9.88 Å². The average Bonchev–Trinajstić information content (AvgIpc) is 2.97. The van der Waals surface area contributed by atoms with Gasteiger partial charge in [-0.25, -0.2) is 0 Å². The third-order valence-corrected chi connectivity index (χ3v) is 8.15. The van der Waals surface area contributed by atoms with E-state index in [2.05, 4.69) is 42.5 Å². The number of para-hydroxylation sites is 1. The lowest BCUT2D eigenvalue weighted by molar-refractivity contribution is -0.161. The van der Waals surface area contributed by atoms with Crippen molar-refractivity contribution >= 4 is 34.9 Å². The number of likely N-dealkylation sites (tertiary alicyclic amines) is 1. The second kappa shape index (κ2) is 9.90. The van der Waals surface area contributed by atoms with Crippen molar-refractivity contribution in [2.24, 2.45) is 11.3 Å². The molecule has 38 heavy (non-hydrogen) atoms. The number of ether oxygens (including phenoxy) is 1. The molecular weight excluding hydrogens is 472 g/mol. The Morgan fingerprint density at radius 2 is 1.74 bits per heavy atom. The Balaban J connectivity index is 1.35. The van der Waals surface area contributed by atoms with Crippen LogP contribution in [0.25, 0.3) is 23.1 Å². The number of carbonyl (C=O) groups is 2. The van der Waals surface area contributed by atoms with Crippen molar-refractivity contribution in [2.75, 3.05) is 20.2 Å². The van der Waals surface area contributed by atoms with E-state index in [1.165, 1.54) is 7.11 Å². The van der Waals surface area contributed by atoms with E-state index in [-0.39, 0.29) is 17.8 Å². The fourth-order valence-corrected chi connectivity index (χ4v) is 6.17. The van der Waals surface area contributed by atoms with Crippen LogP contribution in [0.1, 0.15) is 39.2 Å². The van der Waals surface area contributed by atoms with Gasteiger partial charge in [0.25, 0.3) is 5.91 Å². The molecule has 1 saturated heterocycles. The Labute approximate surface area is 222 Å². The Bertz CT molecular complexity index is 1530. The van der Waals surface area contributed by atoms with E-state index in [4.69, 9.17) is 9.72 Å². The summed E-state index contributed by atoms with van der Waals surface area (Å²) in [6.45, 7) is 0.973. The standard InChI is InChI=1S/C33H30N2O3/c1-38-32(37)33-21-27-19-26-14-8-13-24(16-15-23-9-4-2-5-10-23)30(26)34-29(27)20-28(33)17-18-35(22-33)31(36)25-11-6-3-7-12-25/h2-16,19,28H,17-18,20-22H2,1H3/b16-15+/t28-,33-/m0/s1. The first kappa shape index (κ1) is 24.1. The number of fused-ring (bicyclic) bond motifs is 3. The molecule has 1 aliphatic carbocycles. The van der Waals surface area contributed by atoms with Gasteiger partial charge in [-0.05, 0) is 54.5 Å². The molecule has 0 spiro atoms. The maximum absolute atomic E-state index is 13.4. The fraction of sp³-hybridized carbons (Fsp3) is 0.242. The molecular formula is C33H30N2O3. The number of benzene rings is 3. The third kappa shape index (κ3) is 4.28. The summed E-state index contributed by atoms with van der Waals surface area (Å²) in [7, 11) is 1.45. The van der Waals surface area contributed by atoms with Gasteiger partial charge in [-0.1, -0.05) is 78.9 Å². The molecule has 190 valence electrons. The molecule has 1 aliphatic heterocycles. The molecule has 0 N–H and O–H groups in total. The molecule has 1 aromatic heterocycles. The van der Waals surface area contributed by atoms with Crippen molar-refractivity contribution in [3.63, 3.8) is 0 Å². The molecule has 0 bridgehead atoms. The van der Waals surface area contributed by atoms with Crippen LogP contribution in [0.15, 0.2) is 84.9 Å². The molecule has 3 aromatic carbocycles. The number of aromatic nitrogens is 1. The molecule has 0 saturated carbocycles. The number of amides is 1. The van der Waals surface area contributed by atoms with E-state index in [9.17, 15) is 9.59 Å². The van der Waals surface area contributed by atoms with Gasteiger partial charge >= 0.3 is 5.97 Å². The van der Waals surface area contributed by atoms with Gasteiger partial charge in [-0.3, -0.25) is 14.6 Å². The van der Waals surface area contributed by atoms with Gasteiger partial charge < -0.3 is 9.64 Å². The number of piperidine rings is 1. The summed E-state index contributed by atoms with van der Waals surface area (Å²) < 4.78 is 5.37. The minimum atomic E-state index is -0.773. The Morgan fingerprint density at radius 3 is 2.50 bits per heavy atom. The van der Waals surface area contributed by atoms with Crippen LogP contribution in [0.3, 0.4) is 0 Å². The highest BCUT2D eigenvalue weighted by Gasteiger charge is 2.53. The molecule has 0 unspecified atom stereocenters. The summed E-state index contributed by atoms with van der Waals surface area (Å²) in [6, 6.07) is 27.9. The van der Waals surface area contributed by atoms with Gasteiger partial charge in [0.1, 0.15) is 0 Å². The summed E-state index contributed by atoms with van der Waals surface area (Å²) in [4.78, 5) is 33.7. The molecule has 5 heteroatoms. The van der Waals surface area contributed by atoms with Gasteiger partial charge in [0, 0.05) is 35.3 Å². The number of carbonyl (C=O) groups excluding carboxylic acids is 2. The molecule has 5 nitrogen and oxygen atoms in total. The molecule has 6 rings (SSSR count). The first-order chi connectivity index (χ1) is 18.6. The predicted octanol–water partition coefficient (Wildman–Crippen LogP) is 5.83. The fourth-order valence-electron chi connectivity index (χ4n) is 6.17. The van der Waals surface area contributed by atoms with E-state index in [1.54, 1.807) is 0 Å². The quantitative estimate of drug-likeness (QED) is 0.260. The highest BCUT2D eigenvalue weighted by atomic mass is 16.5. The maximum Gasteiger partial charge on any atom is 0.314 e. The summed E-state index contributed by atoms with van der Waals surface area (Å²) in [5.41, 5.74) is 5.17. The van der Waals surface area contributed by atoms with Crippen LogP contribution in [-0.4, -0.2) is 42.0 Å². The minimum Gasteiger partial charge on any atom is -0.469 e. The zero-order chi connectivity index (χ0) is 26.1. The number of esters is 1. The lowest BCUT2D eigenvalue weighted by atomic mass is 9.62. The zero-order valence-electron chi connectivity index (χ0n) is 21.5. The van der Waals surface area contributed by atoms with Crippen LogP contribution >= 0.6 is 0 Å². The zero-order valence-corrected chi connectivity index (χ0v) is 21.5. The molecule has 4 aromatic rings. The average molecular weight is 503 g/mol. The smallest absolute Gasteiger partial charge is 0.314 e. The number of pyridine rings is 1. The summed E-state index contributed by atoms with van der Waals surface area (Å²) >= 11 is 0. The lowest BCUT2D eigenvalue weighted by Crippen LogP contribution is -2.58. The van der Waals surface area contributed by atoms with Crippen LogP contribution in [0, 0.1) is 11.3 Å². The van der Waals surface area contributed by atoms with Crippen molar-refractivity contribution in [2.45, 2.75) is 19.3 Å². The van der Waals surface area contributed by atoms with E-state index >= 15 is 0 Å². The first-order valence-corrected chi connectivity index (χ1v) is 13.1. The van der Waals surface area contributed by atoms with Crippen LogP contribution in [0.5, 0.6) is 0 Å². The Morgan fingerprint density at radius 1 is 0.974 bits per heavy atom. The van der Waals surface area contributed by atoms with E-state index in [0.717, 1.165) is 39.7 Å². The Kier molecular flexibility index (Phi) is 6.28. The van der Waals surface area contributed by atoms with Crippen molar-refractivity contribution in [1.29, 1.82) is 0 Å². The second-order valence-corrected chi connectivity index (χ2v) is 10.4. The second-order valence-electron chi connectivity index (χ2n) is 10.4. The first-order valence-electron chi connectivity index (χ1n) is 13.1. The normalized spacial score (nSPS) is 20.7. The van der Waals surface area contributed by atoms with Crippen LogP contribution in [0.4, 0.5) is 0 Å². The molecule has 1 fully saturated rings. The van der Waals surface area contributed by atoms with Crippen molar-refractivity contribution in [3.8, 4) is 0 Å².